The molecule has 0 aromatic heterocycles. The molecule has 0 radical (unpaired) electrons. The number of carbonyl (C=O) groups is 3. The van der Waals surface area contributed by atoms with E-state index in [0.717, 1.165) is 0 Å². The molecule has 182 valence electrons. The van der Waals surface area contributed by atoms with Crippen molar-refractivity contribution in [3.63, 3.8) is 0 Å². The molecule has 0 bridgehead atoms. The van der Waals surface area contributed by atoms with Crippen LogP contribution in [0.15, 0.2) is 11.6 Å². The predicted molar refractivity (Wildman–Crippen MR) is 128 cm³/mol. The Labute approximate surface area is 190 Å². The van der Waals surface area contributed by atoms with Gasteiger partial charge in [-0.2, -0.15) is 0 Å². The minimum atomic E-state index is -0.387. The summed E-state index contributed by atoms with van der Waals surface area (Å²) in [6.07, 6.45) is 7.55. The molecule has 0 spiro atoms. The van der Waals surface area contributed by atoms with Crippen molar-refractivity contribution in [1.82, 2.24) is 15.1 Å². The van der Waals surface area contributed by atoms with Crippen LogP contribution >= 0.6 is 0 Å². The Morgan fingerprint density at radius 3 is 1.97 bits per heavy atom. The molecule has 1 aliphatic rings. The van der Waals surface area contributed by atoms with Crippen LogP contribution in [0.5, 0.6) is 0 Å². The Morgan fingerprint density at radius 2 is 1.61 bits per heavy atom. The zero-order chi connectivity index (χ0) is 24.4. The molecule has 1 N–H and O–H groups in total. The minimum absolute atomic E-state index is 0.0629. The SMILES string of the molecule is C/C(=C\[C@H](C(C)C)N(C)C(=O)CNC=O)C(=O)OC(C)C.CCC.CN1CCCCC1. The van der Waals surface area contributed by atoms with E-state index in [1.165, 1.54) is 43.7 Å². The van der Waals surface area contributed by atoms with E-state index in [9.17, 15) is 14.4 Å². The van der Waals surface area contributed by atoms with Gasteiger partial charge in [-0.15, -0.1) is 0 Å². The lowest BCUT2D eigenvalue weighted by Crippen LogP contribution is -2.43. The summed E-state index contributed by atoms with van der Waals surface area (Å²) in [7, 11) is 3.84. The zero-order valence-electron chi connectivity index (χ0n) is 21.4. The van der Waals surface area contributed by atoms with E-state index in [0.29, 0.717) is 12.0 Å². The number of esters is 1. The molecule has 7 nitrogen and oxygen atoms in total. The second-order valence-electron chi connectivity index (χ2n) is 8.61. The predicted octanol–water partition coefficient (Wildman–Crippen LogP) is 3.63. The van der Waals surface area contributed by atoms with Crippen LogP contribution in [0.4, 0.5) is 0 Å². The maximum Gasteiger partial charge on any atom is 0.333 e. The molecule has 31 heavy (non-hydrogen) atoms. The molecule has 1 atom stereocenters. The molecule has 1 heterocycles. The van der Waals surface area contributed by atoms with Gasteiger partial charge < -0.3 is 19.9 Å². The van der Waals surface area contributed by atoms with Gasteiger partial charge in [0.1, 0.15) is 0 Å². The summed E-state index contributed by atoms with van der Waals surface area (Å²) in [5.41, 5.74) is 0.463. The maximum atomic E-state index is 11.9. The van der Waals surface area contributed by atoms with Crippen molar-refractivity contribution in [3.05, 3.63) is 11.6 Å². The normalized spacial score (nSPS) is 15.1. The Morgan fingerprint density at radius 1 is 1.10 bits per heavy atom. The van der Waals surface area contributed by atoms with Crippen LogP contribution in [-0.4, -0.2) is 74.0 Å². The summed E-state index contributed by atoms with van der Waals surface area (Å²) >= 11 is 0. The van der Waals surface area contributed by atoms with E-state index in [1.807, 2.05) is 13.8 Å². The van der Waals surface area contributed by atoms with Gasteiger partial charge >= 0.3 is 5.97 Å². The second kappa shape index (κ2) is 18.8. The second-order valence-corrected chi connectivity index (χ2v) is 8.61. The number of hydrogen-bond acceptors (Lipinski definition) is 5. The van der Waals surface area contributed by atoms with Gasteiger partial charge in [-0.05, 0) is 59.7 Å². The first kappa shape index (κ1) is 31.3. The maximum absolute atomic E-state index is 11.9. The van der Waals surface area contributed by atoms with Gasteiger partial charge in [0.2, 0.25) is 12.3 Å². The van der Waals surface area contributed by atoms with Crippen molar-refractivity contribution in [1.29, 1.82) is 0 Å². The molecular formula is C24H47N3O4. The first-order chi connectivity index (χ1) is 14.5. The molecule has 1 aliphatic heterocycles. The average Bonchev–Trinajstić information content (AvgIpc) is 2.70. The van der Waals surface area contributed by atoms with Crippen LogP contribution in [0, 0.1) is 5.92 Å². The van der Waals surface area contributed by atoms with Crippen LogP contribution in [0.3, 0.4) is 0 Å². The van der Waals surface area contributed by atoms with Crippen molar-refractivity contribution in [2.75, 3.05) is 33.7 Å². The first-order valence-corrected chi connectivity index (χ1v) is 11.5. The quantitative estimate of drug-likeness (QED) is 0.353. The molecule has 1 saturated heterocycles. The van der Waals surface area contributed by atoms with Crippen molar-refractivity contribution >= 4 is 18.3 Å². The summed E-state index contributed by atoms with van der Waals surface area (Å²) in [4.78, 5) is 37.9. The van der Waals surface area contributed by atoms with E-state index in [4.69, 9.17) is 4.74 Å². The Kier molecular flexibility index (Phi) is 19.0. The lowest BCUT2D eigenvalue weighted by atomic mass is 10.00. The Bertz CT molecular complexity index is 527. The number of piperidine rings is 1. The summed E-state index contributed by atoms with van der Waals surface area (Å²) < 4.78 is 5.13. The van der Waals surface area contributed by atoms with E-state index < -0.39 is 0 Å². The van der Waals surface area contributed by atoms with Crippen LogP contribution in [0.25, 0.3) is 0 Å². The van der Waals surface area contributed by atoms with Gasteiger partial charge in [-0.25, -0.2) is 4.79 Å². The molecule has 0 saturated carbocycles. The standard InChI is InChI=1S/C15H26N2O4.C6H13N.C3H8/c1-10(2)13(17(6)14(19)8-16-9-18)7-12(5)15(20)21-11(3)4;1-7-5-3-2-4-6-7;1-3-2/h7,9-11,13H,8H2,1-6H3,(H,16,18);2-6H2,1H3;3H2,1-2H3/b12-7+;;/t13-;;/m1../s1. The lowest BCUT2D eigenvalue weighted by molar-refractivity contribution is -0.142. The summed E-state index contributed by atoms with van der Waals surface area (Å²) in [6, 6.07) is -0.245. The fraction of sp³-hybridized carbons (Fsp3) is 0.792. The number of hydrogen-bond donors (Lipinski definition) is 1. The number of nitrogens with one attached hydrogen (secondary N) is 1. The van der Waals surface area contributed by atoms with Crippen LogP contribution in [-0.2, 0) is 19.1 Å². The number of carbonyl (C=O) groups excluding carboxylic acids is 3. The summed E-state index contributed by atoms with van der Waals surface area (Å²) in [5, 5.41) is 2.34. The Balaban J connectivity index is 0. The van der Waals surface area contributed by atoms with Gasteiger partial charge in [0.25, 0.3) is 0 Å². The molecule has 0 aromatic rings. The van der Waals surface area contributed by atoms with E-state index in [-0.39, 0.29) is 36.5 Å². The summed E-state index contributed by atoms with van der Waals surface area (Å²) in [6.45, 7) is 16.0. The van der Waals surface area contributed by atoms with Crippen LogP contribution < -0.4 is 5.32 Å². The van der Waals surface area contributed by atoms with Gasteiger partial charge in [0, 0.05) is 12.6 Å². The van der Waals surface area contributed by atoms with Crippen molar-refractivity contribution in [3.8, 4) is 0 Å². The smallest absolute Gasteiger partial charge is 0.333 e. The number of likely N-dealkylation sites (N-methyl/N-ethyl adjacent to an activating group) is 1. The van der Waals surface area contributed by atoms with Crippen molar-refractivity contribution < 1.29 is 19.1 Å². The molecule has 2 amide bonds. The minimum Gasteiger partial charge on any atom is -0.460 e. The third kappa shape index (κ3) is 16.5. The van der Waals surface area contributed by atoms with Gasteiger partial charge in [-0.3, -0.25) is 9.59 Å². The monoisotopic (exact) mass is 441 g/mol. The largest absolute Gasteiger partial charge is 0.460 e. The van der Waals surface area contributed by atoms with E-state index in [2.05, 4.69) is 31.1 Å². The van der Waals surface area contributed by atoms with E-state index in [1.54, 1.807) is 33.9 Å². The van der Waals surface area contributed by atoms with Gasteiger partial charge in [-0.1, -0.05) is 46.6 Å². The fourth-order valence-corrected chi connectivity index (χ4v) is 2.85. The fourth-order valence-electron chi connectivity index (χ4n) is 2.85. The Hall–Kier alpha value is -1.89. The molecule has 0 unspecified atom stereocenters. The number of likely N-dealkylation sites (tertiary alicyclic amines) is 1. The molecule has 0 aliphatic carbocycles. The number of nitrogens with zero attached hydrogens (tertiary/aromatic N) is 2. The third-order valence-corrected chi connectivity index (χ3v) is 4.53. The van der Waals surface area contributed by atoms with Gasteiger partial charge in [0.05, 0.1) is 18.7 Å². The molecule has 0 aromatic carbocycles. The number of rotatable bonds is 8. The number of amides is 2. The molecule has 7 heteroatoms. The molecule has 1 fully saturated rings. The average molecular weight is 442 g/mol. The summed E-state index contributed by atoms with van der Waals surface area (Å²) in [5.74, 6) is -0.485. The molecular weight excluding hydrogens is 394 g/mol. The lowest BCUT2D eigenvalue weighted by Gasteiger charge is -2.29. The highest BCUT2D eigenvalue weighted by molar-refractivity contribution is 5.88. The van der Waals surface area contributed by atoms with Gasteiger partial charge in [0.15, 0.2) is 0 Å². The first-order valence-electron chi connectivity index (χ1n) is 11.5. The topological polar surface area (TPSA) is 79.0 Å². The highest BCUT2D eigenvalue weighted by Crippen LogP contribution is 2.14. The van der Waals surface area contributed by atoms with Crippen molar-refractivity contribution in [2.24, 2.45) is 5.92 Å². The number of ether oxygens (including phenoxy) is 1. The molecule has 1 rings (SSSR count). The van der Waals surface area contributed by atoms with Crippen molar-refractivity contribution in [2.45, 2.75) is 86.3 Å². The highest BCUT2D eigenvalue weighted by atomic mass is 16.5. The third-order valence-electron chi connectivity index (χ3n) is 4.53. The van der Waals surface area contributed by atoms with E-state index >= 15 is 0 Å². The van der Waals surface area contributed by atoms with Crippen LogP contribution in [0.1, 0.15) is 74.1 Å². The highest BCUT2D eigenvalue weighted by Gasteiger charge is 2.22. The van der Waals surface area contributed by atoms with Crippen LogP contribution in [0.2, 0.25) is 0 Å². The zero-order valence-corrected chi connectivity index (χ0v) is 21.4.